The lowest BCUT2D eigenvalue weighted by atomic mass is 10.1. The number of thiazole rings is 1. The Balaban J connectivity index is 0.000000282. The smallest absolute Gasteiger partial charge is 0.422 e. The van der Waals surface area contributed by atoms with Crippen molar-refractivity contribution in [2.45, 2.75) is 89.8 Å². The number of anilines is 1. The van der Waals surface area contributed by atoms with Gasteiger partial charge in [-0.3, -0.25) is 0 Å². The number of aromatic carboxylic acids is 1. The second-order valence-electron chi connectivity index (χ2n) is 10.3. The lowest BCUT2D eigenvalue weighted by Gasteiger charge is -2.40. The summed E-state index contributed by atoms with van der Waals surface area (Å²) in [6.07, 6.45) is 8.27. The van der Waals surface area contributed by atoms with Gasteiger partial charge in [-0.05, 0) is 38.9 Å². The van der Waals surface area contributed by atoms with Gasteiger partial charge in [0.1, 0.15) is 10.7 Å². The average Bonchev–Trinajstić information content (AvgIpc) is 3.41. The first-order chi connectivity index (χ1) is 18.7. The fourth-order valence-corrected chi connectivity index (χ4v) is 4.74. The summed E-state index contributed by atoms with van der Waals surface area (Å²) in [5, 5.41) is 15.6. The van der Waals surface area contributed by atoms with Crippen LogP contribution >= 0.6 is 11.3 Å². The van der Waals surface area contributed by atoms with Crippen molar-refractivity contribution >= 4 is 23.0 Å². The van der Waals surface area contributed by atoms with E-state index in [1.165, 1.54) is 56.4 Å². The molecule has 0 amide bonds. The highest BCUT2D eigenvalue weighted by atomic mass is 32.1. The van der Waals surface area contributed by atoms with Crippen molar-refractivity contribution in [1.29, 1.82) is 0 Å². The van der Waals surface area contributed by atoms with Crippen LogP contribution in [0, 0.1) is 0 Å². The van der Waals surface area contributed by atoms with Gasteiger partial charge in [-0.25, -0.2) is 23.5 Å². The first kappa shape index (κ1) is 33.7. The number of halogens is 5. The van der Waals surface area contributed by atoms with Gasteiger partial charge < -0.3 is 20.1 Å². The van der Waals surface area contributed by atoms with Gasteiger partial charge >= 0.3 is 12.1 Å². The van der Waals surface area contributed by atoms with Crippen molar-refractivity contribution in [3.05, 3.63) is 34.4 Å². The van der Waals surface area contributed by atoms with E-state index in [0.29, 0.717) is 0 Å². The number of rotatable bonds is 15. The monoisotopic (exact) mass is 594 g/mol. The number of unbranched alkanes of at least 4 members (excludes halogenated alkanes) is 7. The number of pyridine rings is 1. The maximum Gasteiger partial charge on any atom is 0.422 e. The van der Waals surface area contributed by atoms with Crippen LogP contribution in [0.25, 0.3) is 0 Å². The van der Waals surface area contributed by atoms with E-state index in [2.05, 4.69) is 46.2 Å². The molecule has 2 aromatic rings. The number of alkyl halides is 5. The summed E-state index contributed by atoms with van der Waals surface area (Å²) >= 11 is 1.74. The Morgan fingerprint density at radius 3 is 2.25 bits per heavy atom. The average molecular weight is 595 g/mol. The molecule has 13 heteroatoms. The Hall–Kier alpha value is -2.54. The molecule has 1 fully saturated rings. The van der Waals surface area contributed by atoms with E-state index in [1.54, 1.807) is 11.3 Å². The number of hydrogen-bond donors (Lipinski definition) is 2. The SMILES string of the molecule is CCCCCCCCCCNC(C)(C)c1nccs1.O=C(O)c1ccc(N2CC(F)(F)C2)c(OCC(F)(F)F)n1. The summed E-state index contributed by atoms with van der Waals surface area (Å²) in [5.74, 6) is -5.04. The van der Waals surface area contributed by atoms with E-state index in [1.807, 2.05) is 6.20 Å². The minimum Gasteiger partial charge on any atom is -0.477 e. The minimum atomic E-state index is -4.66. The van der Waals surface area contributed by atoms with Crippen LogP contribution in [0.3, 0.4) is 0 Å². The van der Waals surface area contributed by atoms with Crippen molar-refractivity contribution in [3.8, 4) is 5.88 Å². The molecular weight excluding hydrogens is 555 g/mol. The number of carboxylic acid groups (broad SMARTS) is 1. The van der Waals surface area contributed by atoms with Gasteiger partial charge in [0.15, 0.2) is 12.3 Å². The molecule has 0 unspecified atom stereocenters. The molecule has 1 saturated heterocycles. The van der Waals surface area contributed by atoms with Crippen LogP contribution in [0.4, 0.5) is 27.6 Å². The first-order valence-corrected chi connectivity index (χ1v) is 14.3. The van der Waals surface area contributed by atoms with Gasteiger partial charge in [0.25, 0.3) is 5.92 Å². The van der Waals surface area contributed by atoms with Gasteiger partial charge in [0, 0.05) is 11.6 Å². The van der Waals surface area contributed by atoms with E-state index in [4.69, 9.17) is 5.11 Å². The highest BCUT2D eigenvalue weighted by molar-refractivity contribution is 7.09. The lowest BCUT2D eigenvalue weighted by Crippen LogP contribution is -2.56. The maximum absolute atomic E-state index is 12.8. The zero-order valence-electron chi connectivity index (χ0n) is 23.2. The number of carboxylic acids is 1. The molecular formula is C27H39F5N4O3S. The van der Waals surface area contributed by atoms with E-state index >= 15 is 0 Å². The van der Waals surface area contributed by atoms with Gasteiger partial charge in [-0.1, -0.05) is 51.9 Å². The third-order valence-corrected chi connectivity index (χ3v) is 7.28. The quantitative estimate of drug-likeness (QED) is 0.165. The van der Waals surface area contributed by atoms with Crippen LogP contribution in [0.1, 0.15) is 87.6 Å². The lowest BCUT2D eigenvalue weighted by molar-refractivity contribution is -0.154. The Morgan fingerprint density at radius 2 is 1.73 bits per heavy atom. The van der Waals surface area contributed by atoms with Gasteiger partial charge in [0.05, 0.1) is 18.6 Å². The Labute approximate surface area is 236 Å². The van der Waals surface area contributed by atoms with Gasteiger partial charge in [0.2, 0.25) is 5.88 Å². The van der Waals surface area contributed by atoms with E-state index < -0.39 is 49.3 Å². The third kappa shape index (κ3) is 11.9. The molecule has 1 aliphatic rings. The molecule has 0 atom stereocenters. The topological polar surface area (TPSA) is 87.6 Å². The Bertz CT molecular complexity index is 1030. The summed E-state index contributed by atoms with van der Waals surface area (Å²) in [7, 11) is 0. The molecule has 0 radical (unpaired) electrons. The zero-order valence-corrected chi connectivity index (χ0v) is 24.0. The van der Waals surface area contributed by atoms with Gasteiger partial charge in [-0.15, -0.1) is 11.3 Å². The van der Waals surface area contributed by atoms with Crippen LogP contribution < -0.4 is 15.0 Å². The maximum atomic E-state index is 12.8. The number of hydrogen-bond acceptors (Lipinski definition) is 7. The van der Waals surface area contributed by atoms with Crippen LogP contribution in [-0.4, -0.2) is 59.4 Å². The highest BCUT2D eigenvalue weighted by Crippen LogP contribution is 2.37. The predicted molar refractivity (Wildman–Crippen MR) is 146 cm³/mol. The van der Waals surface area contributed by atoms with Crippen molar-refractivity contribution in [3.63, 3.8) is 0 Å². The molecule has 226 valence electrons. The number of aromatic nitrogens is 2. The largest absolute Gasteiger partial charge is 0.477 e. The number of nitrogens with one attached hydrogen (secondary N) is 1. The molecule has 0 aromatic carbocycles. The standard InChI is InChI=1S/C16H30N2S.C11H9F5N2O3/c1-4-5-6-7-8-9-10-11-12-18-16(2,3)15-17-13-14-19-15;12-10(13)3-18(4-10)7-2-1-6(9(19)20)17-8(7)21-5-11(14,15)16/h13-14,18H,4-12H2,1-3H3;1-2H,3-5H2,(H,19,20). The minimum absolute atomic E-state index is 0.0231. The molecule has 40 heavy (non-hydrogen) atoms. The van der Waals surface area contributed by atoms with Crippen LogP contribution in [0.2, 0.25) is 0 Å². The van der Waals surface area contributed by atoms with E-state index in [9.17, 15) is 26.7 Å². The molecule has 2 N–H and O–H groups in total. The fraction of sp³-hybridized carbons (Fsp3) is 0.667. The Morgan fingerprint density at radius 1 is 1.10 bits per heavy atom. The van der Waals surface area contributed by atoms with E-state index in [0.717, 1.165) is 23.6 Å². The molecule has 7 nitrogen and oxygen atoms in total. The highest BCUT2D eigenvalue weighted by Gasteiger charge is 2.45. The van der Waals surface area contributed by atoms with Crippen molar-refractivity contribution in [1.82, 2.24) is 15.3 Å². The molecule has 0 spiro atoms. The van der Waals surface area contributed by atoms with E-state index in [-0.39, 0.29) is 11.2 Å². The molecule has 0 saturated carbocycles. The fourth-order valence-electron chi connectivity index (χ4n) is 4.00. The summed E-state index contributed by atoms with van der Waals surface area (Å²) in [6, 6.07) is 2.10. The van der Waals surface area contributed by atoms with Crippen molar-refractivity contribution in [2.24, 2.45) is 0 Å². The first-order valence-electron chi connectivity index (χ1n) is 13.5. The summed E-state index contributed by atoms with van der Waals surface area (Å²) in [4.78, 5) is 19.6. The number of carbonyl (C=O) groups is 1. The zero-order chi connectivity index (χ0) is 29.8. The van der Waals surface area contributed by atoms with Crippen LogP contribution in [0.15, 0.2) is 23.7 Å². The van der Waals surface area contributed by atoms with Crippen molar-refractivity contribution in [2.75, 3.05) is 31.1 Å². The molecule has 0 bridgehead atoms. The normalized spacial score (nSPS) is 14.8. The van der Waals surface area contributed by atoms with Crippen molar-refractivity contribution < 1.29 is 36.6 Å². The number of nitrogens with zero attached hydrogens (tertiary/aromatic N) is 3. The molecule has 3 rings (SSSR count). The summed E-state index contributed by atoms with van der Waals surface area (Å²) < 4.78 is 66.5. The second kappa shape index (κ2) is 15.5. The van der Waals surface area contributed by atoms with Crippen LogP contribution in [0.5, 0.6) is 5.88 Å². The Kier molecular flexibility index (Phi) is 13.0. The molecule has 2 aromatic heterocycles. The predicted octanol–water partition coefficient (Wildman–Crippen LogP) is 7.28. The second-order valence-corrected chi connectivity index (χ2v) is 11.2. The molecule has 0 aliphatic carbocycles. The molecule has 1 aliphatic heterocycles. The summed E-state index contributed by atoms with van der Waals surface area (Å²) in [6.45, 7) is 4.73. The summed E-state index contributed by atoms with van der Waals surface area (Å²) in [5.41, 5.74) is -0.617. The van der Waals surface area contributed by atoms with Gasteiger partial charge in [-0.2, -0.15) is 13.2 Å². The number of ether oxygens (including phenoxy) is 1. The third-order valence-electron chi connectivity index (χ3n) is 6.18. The van der Waals surface area contributed by atoms with Crippen LogP contribution in [-0.2, 0) is 5.54 Å². The molecule has 3 heterocycles.